The van der Waals surface area contributed by atoms with Crippen LogP contribution in [0.5, 0.6) is 5.75 Å². The summed E-state index contributed by atoms with van der Waals surface area (Å²) in [5.74, 6) is -1.12. The lowest BCUT2D eigenvalue weighted by Crippen LogP contribution is -3.00. The van der Waals surface area contributed by atoms with Crippen molar-refractivity contribution in [2.24, 2.45) is 10.9 Å². The molecule has 21 heteroatoms. The first-order chi connectivity index (χ1) is 26.9. The van der Waals surface area contributed by atoms with Crippen molar-refractivity contribution in [2.75, 3.05) is 31.3 Å². The van der Waals surface area contributed by atoms with Gasteiger partial charge in [-0.1, -0.05) is 17.3 Å². The molecule has 304 valence electrons. The quantitative estimate of drug-likeness (QED) is 0.0461. The summed E-state index contributed by atoms with van der Waals surface area (Å²) in [6.45, 7) is 8.36. The molecule has 4 N–H and O–H groups in total. The molecule has 2 aliphatic rings. The van der Waals surface area contributed by atoms with E-state index in [2.05, 4.69) is 34.7 Å². The van der Waals surface area contributed by atoms with Gasteiger partial charge in [-0.15, -0.1) is 16.7 Å². The molecule has 0 bridgehead atoms. The molecule has 18 nitrogen and oxygen atoms in total. The number of nitrogens with two attached hydrogens (primary N) is 1. The minimum absolute atomic E-state index is 0. The number of nitrogens with zero attached hydrogens (tertiary/aromatic N) is 7. The maximum Gasteiger partial charge on any atom is 0.414 e. The number of carbonyl (C=O) groups is 4. The number of methoxy groups -OCH3 is 1. The van der Waals surface area contributed by atoms with Crippen molar-refractivity contribution in [2.45, 2.75) is 70.8 Å². The molecule has 5 heterocycles. The van der Waals surface area contributed by atoms with Crippen molar-refractivity contribution in [3.8, 4) is 5.75 Å². The number of hydrogen-bond donors (Lipinski definition) is 3. The summed E-state index contributed by atoms with van der Waals surface area (Å²) in [5, 5.41) is 8.55. The number of halogens is 1. The maximum absolute atomic E-state index is 14.0. The van der Waals surface area contributed by atoms with Crippen LogP contribution < -0.4 is 42.7 Å². The second kappa shape index (κ2) is 18.9. The summed E-state index contributed by atoms with van der Waals surface area (Å²) in [6, 6.07) is 9.89. The van der Waals surface area contributed by atoms with E-state index in [4.69, 9.17) is 24.8 Å². The number of benzene rings is 1. The predicted molar refractivity (Wildman–Crippen MR) is 206 cm³/mol. The third-order valence-corrected chi connectivity index (χ3v) is 10.4. The van der Waals surface area contributed by atoms with Gasteiger partial charge in [-0.05, 0) is 70.5 Å². The Hall–Kier alpha value is -5.12. The van der Waals surface area contributed by atoms with Crippen LogP contribution in [0.2, 0.25) is 0 Å². The number of hydrogen-bond acceptors (Lipinski definition) is 15. The SMILES string of the molecule is CCO/N=C(\C(=O)NC1C(=O)N2C(C(=O)OCc3ccc(OC)cc3)=C(C[n+]3cn(CCCN)c4cccnc43)CSC12)c1nsc(NC(=O)OC(C)(C)C)n1.[Br-]. The smallest absolute Gasteiger partial charge is 0.414 e. The number of β-lactam (4-membered cyclic amide) rings is 1. The van der Waals surface area contributed by atoms with Gasteiger partial charge in [0.2, 0.25) is 16.7 Å². The molecule has 0 spiro atoms. The molecule has 2 aliphatic heterocycles. The van der Waals surface area contributed by atoms with Gasteiger partial charge in [0.15, 0.2) is 11.8 Å². The Balaban J connectivity index is 0.00000620. The fourth-order valence-corrected chi connectivity index (χ4v) is 7.79. The van der Waals surface area contributed by atoms with Crippen molar-refractivity contribution in [3.63, 3.8) is 0 Å². The Kier molecular flexibility index (Phi) is 14.2. The van der Waals surface area contributed by atoms with Crippen LogP contribution in [-0.2, 0) is 48.4 Å². The van der Waals surface area contributed by atoms with Crippen LogP contribution in [0.15, 0.2) is 65.3 Å². The highest BCUT2D eigenvalue weighted by Gasteiger charge is 2.55. The van der Waals surface area contributed by atoms with Crippen LogP contribution in [0.25, 0.3) is 11.2 Å². The minimum Gasteiger partial charge on any atom is -1.00 e. The minimum atomic E-state index is -1.03. The predicted octanol–water partition coefficient (Wildman–Crippen LogP) is -0.278. The summed E-state index contributed by atoms with van der Waals surface area (Å²) in [5.41, 5.74) is 7.83. The Morgan fingerprint density at radius 3 is 2.63 bits per heavy atom. The standard InChI is InChI=1S/C36H42N10O8S2.BrH/c1-6-53-42-25(28-40-34(56-43-28)41-35(50)54-36(2,3)4)30(47)39-26-31(48)46-27(33(49)52-18-21-10-12-23(51-5)13-11-21)22(19-55-32(26)46)17-45-20-44(16-8-14-37)24-9-7-15-38-29(24)45;/h7,9-13,15,20,26,32H,6,8,14,16-19,37H2,1-5H3,(H-,39,40,41,43,47,50);1H/b42-25-;. The van der Waals surface area contributed by atoms with Crippen LogP contribution in [-0.4, -0.2) is 96.4 Å². The van der Waals surface area contributed by atoms with Gasteiger partial charge in [-0.3, -0.25) is 24.4 Å². The fraction of sp³-hybridized carbons (Fsp3) is 0.417. The molecule has 1 saturated heterocycles. The molecule has 0 radical (unpaired) electrons. The maximum atomic E-state index is 14.0. The van der Waals surface area contributed by atoms with Crippen molar-refractivity contribution in [1.29, 1.82) is 0 Å². The van der Waals surface area contributed by atoms with E-state index in [9.17, 15) is 19.2 Å². The topological polar surface area (TPSA) is 218 Å². The Labute approximate surface area is 347 Å². The van der Waals surface area contributed by atoms with Gasteiger partial charge in [-0.25, -0.2) is 14.2 Å². The van der Waals surface area contributed by atoms with Crippen LogP contribution in [0.1, 0.15) is 45.5 Å². The van der Waals surface area contributed by atoms with Crippen LogP contribution in [0.4, 0.5) is 9.93 Å². The van der Waals surface area contributed by atoms with E-state index >= 15 is 0 Å². The zero-order chi connectivity index (χ0) is 40.0. The van der Waals surface area contributed by atoms with Gasteiger partial charge in [-0.2, -0.15) is 9.36 Å². The highest BCUT2D eigenvalue weighted by Crippen LogP contribution is 2.41. The van der Waals surface area contributed by atoms with Crippen LogP contribution in [0.3, 0.4) is 0 Å². The average molecular weight is 888 g/mol. The third-order valence-electron chi connectivity index (χ3n) is 8.39. The lowest BCUT2D eigenvalue weighted by Gasteiger charge is -2.49. The summed E-state index contributed by atoms with van der Waals surface area (Å²) in [4.78, 5) is 69.4. The number of pyridine rings is 1. The van der Waals surface area contributed by atoms with E-state index in [-0.39, 0.29) is 59.1 Å². The van der Waals surface area contributed by atoms with Gasteiger partial charge in [0, 0.05) is 22.9 Å². The summed E-state index contributed by atoms with van der Waals surface area (Å²) in [6.07, 6.45) is 3.64. The number of aryl methyl sites for hydroxylation is 1. The Morgan fingerprint density at radius 2 is 1.93 bits per heavy atom. The number of esters is 1. The number of anilines is 1. The van der Waals surface area contributed by atoms with Crippen LogP contribution in [0, 0.1) is 0 Å². The molecule has 0 saturated carbocycles. The van der Waals surface area contributed by atoms with E-state index in [0.717, 1.165) is 29.0 Å². The molecule has 2 unspecified atom stereocenters. The van der Waals surface area contributed by atoms with E-state index in [1.165, 1.54) is 16.7 Å². The number of imidazole rings is 1. The van der Waals surface area contributed by atoms with E-state index in [1.807, 2.05) is 23.0 Å². The zero-order valence-electron chi connectivity index (χ0n) is 31.9. The number of ether oxygens (including phenoxy) is 3. The first-order valence-electron chi connectivity index (χ1n) is 17.8. The second-order valence-electron chi connectivity index (χ2n) is 13.6. The molecular weight excluding hydrogens is 844 g/mol. The molecule has 3 aromatic heterocycles. The van der Waals surface area contributed by atoms with Crippen molar-refractivity contribution in [3.05, 3.63) is 71.6 Å². The zero-order valence-corrected chi connectivity index (χ0v) is 35.1. The lowest BCUT2D eigenvalue weighted by molar-refractivity contribution is -0.665. The van der Waals surface area contributed by atoms with Gasteiger partial charge < -0.3 is 47.1 Å². The van der Waals surface area contributed by atoms with Crippen molar-refractivity contribution < 1.29 is 59.8 Å². The second-order valence-corrected chi connectivity index (χ2v) is 15.4. The number of amides is 3. The van der Waals surface area contributed by atoms with Crippen LogP contribution >= 0.6 is 23.3 Å². The summed E-state index contributed by atoms with van der Waals surface area (Å²) >= 11 is 2.20. The van der Waals surface area contributed by atoms with Gasteiger partial charge in [0.25, 0.3) is 11.8 Å². The van der Waals surface area contributed by atoms with E-state index in [1.54, 1.807) is 65.3 Å². The molecule has 4 aromatic rings. The fourth-order valence-electron chi connectivity index (χ4n) is 5.90. The van der Waals surface area contributed by atoms with Crippen molar-refractivity contribution >= 4 is 69.2 Å². The first-order valence-corrected chi connectivity index (χ1v) is 19.6. The largest absolute Gasteiger partial charge is 1.00 e. The molecule has 3 amide bonds. The summed E-state index contributed by atoms with van der Waals surface area (Å²) in [7, 11) is 1.56. The first kappa shape index (κ1) is 43.0. The Bertz CT molecular complexity index is 2170. The number of oxime groups is 1. The van der Waals surface area contributed by atoms with Gasteiger partial charge >= 0.3 is 17.7 Å². The van der Waals surface area contributed by atoms with E-state index < -0.39 is 40.9 Å². The molecular formula is C36H43BrN10O8S2. The molecule has 57 heavy (non-hydrogen) atoms. The van der Waals surface area contributed by atoms with Crippen molar-refractivity contribution in [1.82, 2.24) is 29.1 Å². The highest BCUT2D eigenvalue weighted by atomic mass is 79.9. The average Bonchev–Trinajstić information content (AvgIpc) is 3.78. The Morgan fingerprint density at radius 1 is 1.16 bits per heavy atom. The number of rotatable bonds is 15. The number of fused-ring (bicyclic) bond motifs is 2. The van der Waals surface area contributed by atoms with Gasteiger partial charge in [0.05, 0.1) is 20.2 Å². The lowest BCUT2D eigenvalue weighted by atomic mass is 10.0. The monoisotopic (exact) mass is 886 g/mol. The highest BCUT2D eigenvalue weighted by molar-refractivity contribution is 8.00. The molecule has 6 rings (SSSR count). The molecule has 2 atom stereocenters. The summed E-state index contributed by atoms with van der Waals surface area (Å²) < 4.78 is 24.5. The normalized spacial score (nSPS) is 16.6. The number of nitrogens with one attached hydrogen (secondary N) is 2. The molecule has 1 aromatic carbocycles. The number of aromatic nitrogens is 5. The van der Waals surface area contributed by atoms with Gasteiger partial charge in [0.1, 0.15) is 47.9 Å². The third kappa shape index (κ3) is 10.1. The molecule has 1 fully saturated rings. The van der Waals surface area contributed by atoms with E-state index in [0.29, 0.717) is 35.8 Å². The molecule has 0 aliphatic carbocycles. The number of thioether (sulfide) groups is 1. The number of carbonyl (C=O) groups excluding carboxylic acids is 4.